The zero-order valence-electron chi connectivity index (χ0n) is 23.1. The Labute approximate surface area is 230 Å². The van der Waals surface area contributed by atoms with Crippen molar-refractivity contribution in [1.29, 1.82) is 0 Å². The number of benzene rings is 2. The number of hydrogen-bond donors (Lipinski definition) is 1. The first-order chi connectivity index (χ1) is 19.0. The Morgan fingerprint density at radius 2 is 1.92 bits per heavy atom. The third-order valence-electron chi connectivity index (χ3n) is 7.91. The Morgan fingerprint density at radius 1 is 1.13 bits per heavy atom. The Morgan fingerprint density at radius 3 is 2.64 bits per heavy atom. The molecule has 1 aliphatic heterocycles. The lowest BCUT2D eigenvalue weighted by Crippen LogP contribution is -2.35. The molecule has 206 valence electrons. The summed E-state index contributed by atoms with van der Waals surface area (Å²) < 4.78 is 19.1. The zero-order chi connectivity index (χ0) is 27.2. The van der Waals surface area contributed by atoms with Crippen LogP contribution in [0.25, 0.3) is 11.0 Å². The second-order valence-electron chi connectivity index (χ2n) is 11.2. The number of aryl methyl sites for hydroxylation is 1. The van der Waals surface area contributed by atoms with Gasteiger partial charge in [0, 0.05) is 36.1 Å². The lowest BCUT2D eigenvalue weighted by Gasteiger charge is -2.32. The molecular formula is C32H39FN4O2. The van der Waals surface area contributed by atoms with E-state index in [4.69, 9.17) is 4.52 Å². The predicted octanol–water partition coefficient (Wildman–Crippen LogP) is 5.88. The van der Waals surface area contributed by atoms with Crippen molar-refractivity contribution in [3.63, 3.8) is 0 Å². The van der Waals surface area contributed by atoms with Crippen LogP contribution in [-0.2, 0) is 19.5 Å². The topological polar surface area (TPSA) is 61.6 Å². The molecule has 3 aromatic rings. The van der Waals surface area contributed by atoms with Crippen LogP contribution in [-0.4, -0.2) is 54.6 Å². The third kappa shape index (κ3) is 7.02. The van der Waals surface area contributed by atoms with Crippen LogP contribution < -0.4 is 5.32 Å². The van der Waals surface area contributed by atoms with E-state index in [9.17, 15) is 9.18 Å². The highest BCUT2D eigenvalue weighted by Gasteiger charge is 2.22. The summed E-state index contributed by atoms with van der Waals surface area (Å²) in [5.74, 6) is 0.121. The first kappa shape index (κ1) is 27.3. The number of hydrogen-bond acceptors (Lipinski definition) is 5. The maximum Gasteiger partial charge on any atom is 0.251 e. The number of fused-ring (bicyclic) bond motifs is 1. The molecule has 7 heteroatoms. The van der Waals surface area contributed by atoms with Gasteiger partial charge in [-0.05, 0) is 113 Å². The van der Waals surface area contributed by atoms with E-state index in [1.165, 1.54) is 55.5 Å². The second kappa shape index (κ2) is 12.7. The van der Waals surface area contributed by atoms with Gasteiger partial charge in [-0.1, -0.05) is 29.5 Å². The Balaban J connectivity index is 1.21. The number of nitrogens with one attached hydrogen (secondary N) is 1. The van der Waals surface area contributed by atoms with E-state index >= 15 is 0 Å². The maximum atomic E-state index is 13.2. The lowest BCUT2D eigenvalue weighted by molar-refractivity contribution is 0.0950. The van der Waals surface area contributed by atoms with Crippen LogP contribution in [0.3, 0.4) is 0 Å². The fourth-order valence-electron chi connectivity index (χ4n) is 5.68. The summed E-state index contributed by atoms with van der Waals surface area (Å²) in [7, 11) is 4.04. The fourth-order valence-corrected chi connectivity index (χ4v) is 5.68. The quantitative estimate of drug-likeness (QED) is 0.355. The normalized spacial score (nSPS) is 16.7. The van der Waals surface area contributed by atoms with Gasteiger partial charge in [-0.3, -0.25) is 9.69 Å². The summed E-state index contributed by atoms with van der Waals surface area (Å²) in [5, 5.41) is 8.52. The molecule has 39 heavy (non-hydrogen) atoms. The minimum absolute atomic E-state index is 0.234. The summed E-state index contributed by atoms with van der Waals surface area (Å²) in [4.78, 5) is 17.3. The number of rotatable bonds is 10. The molecule has 0 saturated carbocycles. The average molecular weight is 531 g/mol. The van der Waals surface area contributed by atoms with Crippen LogP contribution in [0, 0.1) is 11.7 Å². The molecule has 1 fully saturated rings. The van der Waals surface area contributed by atoms with Gasteiger partial charge in [-0.25, -0.2) is 4.39 Å². The van der Waals surface area contributed by atoms with Crippen molar-refractivity contribution >= 4 is 16.9 Å². The minimum atomic E-state index is -0.359. The first-order valence-electron chi connectivity index (χ1n) is 14.1. The van der Waals surface area contributed by atoms with E-state index in [0.717, 1.165) is 60.3 Å². The van der Waals surface area contributed by atoms with E-state index in [1.807, 2.05) is 14.1 Å². The van der Waals surface area contributed by atoms with Crippen molar-refractivity contribution in [2.75, 3.05) is 33.7 Å². The predicted molar refractivity (Wildman–Crippen MR) is 153 cm³/mol. The molecule has 2 aliphatic rings. The van der Waals surface area contributed by atoms with Gasteiger partial charge < -0.3 is 14.7 Å². The van der Waals surface area contributed by atoms with Crippen LogP contribution in [0.15, 0.2) is 64.7 Å². The second-order valence-corrected chi connectivity index (χ2v) is 11.2. The van der Waals surface area contributed by atoms with Gasteiger partial charge in [0.25, 0.3) is 5.91 Å². The highest BCUT2D eigenvalue weighted by atomic mass is 19.1. The molecule has 1 aromatic heterocycles. The summed E-state index contributed by atoms with van der Waals surface area (Å²) in [6.07, 6.45) is 13.8. The minimum Gasteiger partial charge on any atom is -0.356 e. The molecule has 1 saturated heterocycles. The fraction of sp³-hybridized carbons (Fsp3) is 0.438. The zero-order valence-corrected chi connectivity index (χ0v) is 23.1. The number of carbonyl (C=O) groups is 1. The van der Waals surface area contributed by atoms with Gasteiger partial charge in [-0.15, -0.1) is 0 Å². The first-order valence-corrected chi connectivity index (χ1v) is 14.1. The van der Waals surface area contributed by atoms with Crippen LogP contribution in [0.2, 0.25) is 0 Å². The largest absolute Gasteiger partial charge is 0.356 e. The number of nitrogens with zero attached hydrogens (tertiary/aromatic N) is 3. The Kier molecular flexibility index (Phi) is 8.89. The number of aromatic nitrogens is 1. The van der Waals surface area contributed by atoms with Gasteiger partial charge in [0.15, 0.2) is 5.58 Å². The van der Waals surface area contributed by atoms with Crippen molar-refractivity contribution in [3.8, 4) is 0 Å². The molecular weight excluding hydrogens is 491 g/mol. The van der Waals surface area contributed by atoms with Crippen molar-refractivity contribution in [2.45, 2.75) is 51.6 Å². The molecule has 5 rings (SSSR count). The van der Waals surface area contributed by atoms with Crippen molar-refractivity contribution in [1.82, 2.24) is 20.3 Å². The number of halogens is 1. The number of piperidine rings is 1. The monoisotopic (exact) mass is 530 g/mol. The van der Waals surface area contributed by atoms with Crippen LogP contribution in [0.1, 0.15) is 59.3 Å². The van der Waals surface area contributed by atoms with Crippen molar-refractivity contribution in [3.05, 3.63) is 88.4 Å². The van der Waals surface area contributed by atoms with Crippen molar-refractivity contribution < 1.29 is 13.7 Å². The number of likely N-dealkylation sites (tertiary alicyclic amines) is 1. The smallest absolute Gasteiger partial charge is 0.251 e. The molecule has 1 N–H and O–H groups in total. The number of carbonyl (C=O) groups excluding carboxylic acids is 1. The van der Waals surface area contributed by atoms with Crippen molar-refractivity contribution in [2.24, 2.45) is 5.92 Å². The standard InChI is InChI=1S/C32H39FN4O2/c1-36(2)22-29-26(20-34-32(38)25-9-12-27(33)13-10-25)11-14-28-30(35-39-31(28)29)15-8-23-16-18-37(19-17-23)21-24-6-4-3-5-7-24/h4,6-7,9-14,23H,3,5,8,15-22H2,1-2H3,(H,34,38). The molecule has 2 heterocycles. The summed E-state index contributed by atoms with van der Waals surface area (Å²) in [6.45, 7) is 4.44. The van der Waals surface area contributed by atoms with E-state index in [2.05, 4.69) is 50.6 Å². The lowest BCUT2D eigenvalue weighted by atomic mass is 9.90. The molecule has 1 aliphatic carbocycles. The molecule has 6 nitrogen and oxygen atoms in total. The molecule has 0 atom stereocenters. The molecule has 2 aromatic carbocycles. The SMILES string of the molecule is CN(C)Cc1c(CNC(=O)c2ccc(F)cc2)ccc2c(CCC3CCN(CC4=CCCC=C4)CC3)noc12. The van der Waals surface area contributed by atoms with Gasteiger partial charge in [0.05, 0.1) is 5.69 Å². The third-order valence-corrected chi connectivity index (χ3v) is 7.91. The van der Waals surface area contributed by atoms with Crippen LogP contribution >= 0.6 is 0 Å². The Hall–Kier alpha value is -3.29. The van der Waals surface area contributed by atoms with Gasteiger partial charge in [0.2, 0.25) is 0 Å². The van der Waals surface area contributed by atoms with Gasteiger partial charge in [-0.2, -0.15) is 0 Å². The van der Waals surface area contributed by atoms with E-state index in [0.29, 0.717) is 24.6 Å². The molecule has 0 bridgehead atoms. The maximum absolute atomic E-state index is 13.2. The van der Waals surface area contributed by atoms with E-state index < -0.39 is 0 Å². The Bertz CT molecular complexity index is 1330. The molecule has 0 spiro atoms. The van der Waals surface area contributed by atoms with Crippen LogP contribution in [0.5, 0.6) is 0 Å². The average Bonchev–Trinajstić information content (AvgIpc) is 3.36. The molecule has 0 radical (unpaired) electrons. The number of allylic oxidation sites excluding steroid dienone is 2. The summed E-state index contributed by atoms with van der Waals surface area (Å²) in [5.41, 5.74) is 5.75. The number of amides is 1. The summed E-state index contributed by atoms with van der Waals surface area (Å²) >= 11 is 0. The van der Waals surface area contributed by atoms with Gasteiger partial charge in [0.1, 0.15) is 5.82 Å². The van der Waals surface area contributed by atoms with Crippen LogP contribution in [0.4, 0.5) is 4.39 Å². The summed E-state index contributed by atoms with van der Waals surface area (Å²) in [6, 6.07) is 9.72. The molecule has 1 amide bonds. The van der Waals surface area contributed by atoms with E-state index in [-0.39, 0.29) is 11.7 Å². The van der Waals surface area contributed by atoms with E-state index in [1.54, 1.807) is 0 Å². The molecule has 0 unspecified atom stereocenters. The van der Waals surface area contributed by atoms with Gasteiger partial charge >= 0.3 is 0 Å². The highest BCUT2D eigenvalue weighted by molar-refractivity contribution is 5.94. The highest BCUT2D eigenvalue weighted by Crippen LogP contribution is 2.30.